The Labute approximate surface area is 503 Å². The Kier molecular flexibility index (Phi) is 12.0. The molecule has 10 heteroatoms. The molecule has 0 radical (unpaired) electrons. The molecule has 0 amide bonds. The van der Waals surface area contributed by atoms with Gasteiger partial charge < -0.3 is 8.83 Å². The third-order valence-electron chi connectivity index (χ3n) is 16.6. The maximum Gasteiger partial charge on any atom is 0.234 e. The van der Waals surface area contributed by atoms with E-state index in [1.165, 1.54) is 0 Å². The van der Waals surface area contributed by atoms with Gasteiger partial charge in [-0.15, -0.1) is 0 Å². The topological polar surface area (TPSA) is 113 Å². The number of aromatic nitrogens is 8. The zero-order chi connectivity index (χ0) is 58.1. The van der Waals surface area contributed by atoms with Gasteiger partial charge >= 0.3 is 0 Å². The molecular formula is C78H48N8O2. The van der Waals surface area contributed by atoms with E-state index in [1.54, 1.807) is 0 Å². The van der Waals surface area contributed by atoms with Crippen LogP contribution >= 0.6 is 0 Å². The number of fused-ring (bicyclic) bond motifs is 14. The lowest BCUT2D eigenvalue weighted by Crippen LogP contribution is -2.01. The Bertz CT molecular complexity index is 5550. The van der Waals surface area contributed by atoms with Crippen LogP contribution in [0.5, 0.6) is 0 Å². The van der Waals surface area contributed by atoms with Crippen molar-refractivity contribution in [2.75, 3.05) is 0 Å². The van der Waals surface area contributed by atoms with Crippen LogP contribution in [0.4, 0.5) is 0 Å². The molecule has 0 bridgehead atoms. The largest absolute Gasteiger partial charge is 0.456 e. The Balaban J connectivity index is 0.000000137. The molecule has 0 N–H and O–H groups in total. The lowest BCUT2D eigenvalue weighted by Gasteiger charge is -2.11. The minimum Gasteiger partial charge on any atom is -0.456 e. The number of hydrogen-bond acceptors (Lipinski definition) is 8. The molecule has 18 rings (SSSR count). The van der Waals surface area contributed by atoms with Gasteiger partial charge in [0, 0.05) is 78.1 Å². The highest BCUT2D eigenvalue weighted by molar-refractivity contribution is 6.25. The molecule has 8 aromatic heterocycles. The van der Waals surface area contributed by atoms with Crippen LogP contribution in [0.3, 0.4) is 0 Å². The first-order valence-corrected chi connectivity index (χ1v) is 29.2. The number of hydrogen-bond donors (Lipinski definition) is 0. The third kappa shape index (κ3) is 8.57. The van der Waals surface area contributed by atoms with E-state index in [0.29, 0.717) is 5.95 Å². The van der Waals surface area contributed by atoms with Gasteiger partial charge in [0.05, 0.1) is 73.7 Å². The van der Waals surface area contributed by atoms with Gasteiger partial charge in [-0.05, 0) is 78.4 Å². The van der Waals surface area contributed by atoms with Crippen LogP contribution in [0.15, 0.2) is 301 Å². The van der Waals surface area contributed by atoms with Crippen molar-refractivity contribution < 1.29 is 8.83 Å². The van der Waals surface area contributed by atoms with Gasteiger partial charge in [-0.1, -0.05) is 194 Å². The standard InChI is InChI=1S/2C39H24N4O/c1-3-11-25(12-4-1)31-21-27(22-32(42-31)26-13-5-2-6-14-26)33-23-41-37(24-40-33)43-34-17-9-7-16-30(34)38-35(43)20-19-29-28-15-8-10-18-36(28)44-39(29)38;1-3-11-25(12-4-1)32-21-27(22-33(42-32)26-13-5-2-6-14-26)28-23-40-39(41-24-28)43-34-17-9-7-15-29(34)30-19-20-36-37(38(30)43)31-16-8-10-18-35(31)44-36/h2*1-24H. The summed E-state index contributed by atoms with van der Waals surface area (Å²) in [7, 11) is 0. The van der Waals surface area contributed by atoms with Crippen LogP contribution in [0, 0.1) is 0 Å². The van der Waals surface area contributed by atoms with Crippen LogP contribution in [0.1, 0.15) is 0 Å². The van der Waals surface area contributed by atoms with Crippen molar-refractivity contribution in [3.63, 3.8) is 0 Å². The summed E-state index contributed by atoms with van der Waals surface area (Å²) in [5.41, 5.74) is 19.2. The lowest BCUT2D eigenvalue weighted by atomic mass is 10.0. The Hall–Kier alpha value is -12.1. The molecule has 10 nitrogen and oxygen atoms in total. The van der Waals surface area contributed by atoms with Crippen molar-refractivity contribution in [3.8, 4) is 79.2 Å². The monoisotopic (exact) mass is 1130 g/mol. The molecule has 412 valence electrons. The summed E-state index contributed by atoms with van der Waals surface area (Å²) in [5.74, 6) is 1.36. The Morgan fingerprint density at radius 2 is 0.750 bits per heavy atom. The minimum absolute atomic E-state index is 0.610. The molecule has 18 aromatic rings. The summed E-state index contributed by atoms with van der Waals surface area (Å²) < 4.78 is 17.0. The van der Waals surface area contributed by atoms with E-state index >= 15 is 0 Å². The normalized spacial score (nSPS) is 11.6. The first-order valence-electron chi connectivity index (χ1n) is 29.2. The van der Waals surface area contributed by atoms with E-state index in [1.807, 2.05) is 122 Å². The zero-order valence-electron chi connectivity index (χ0n) is 47.1. The van der Waals surface area contributed by atoms with E-state index in [2.05, 4.69) is 179 Å². The van der Waals surface area contributed by atoms with Gasteiger partial charge in [0.2, 0.25) is 5.95 Å². The fourth-order valence-corrected chi connectivity index (χ4v) is 12.5. The van der Waals surface area contributed by atoms with Gasteiger partial charge in [0.1, 0.15) is 22.3 Å². The second kappa shape index (κ2) is 20.9. The molecule has 0 aliphatic rings. The van der Waals surface area contributed by atoms with Crippen molar-refractivity contribution >= 4 is 87.5 Å². The number of para-hydroxylation sites is 4. The number of rotatable bonds is 8. The van der Waals surface area contributed by atoms with E-state index in [9.17, 15) is 0 Å². The summed E-state index contributed by atoms with van der Waals surface area (Å²) >= 11 is 0. The predicted molar refractivity (Wildman–Crippen MR) is 356 cm³/mol. The van der Waals surface area contributed by atoms with Gasteiger partial charge in [0.15, 0.2) is 5.82 Å². The second-order valence-electron chi connectivity index (χ2n) is 21.8. The highest BCUT2D eigenvalue weighted by atomic mass is 16.3. The molecule has 10 aromatic carbocycles. The molecule has 88 heavy (non-hydrogen) atoms. The smallest absolute Gasteiger partial charge is 0.234 e. The average Bonchev–Trinajstić information content (AvgIpc) is 1.64. The summed E-state index contributed by atoms with van der Waals surface area (Å²) in [5, 5.41) is 8.86. The van der Waals surface area contributed by atoms with Crippen molar-refractivity contribution in [2.24, 2.45) is 0 Å². The lowest BCUT2D eigenvalue weighted by molar-refractivity contribution is 0.669. The second-order valence-corrected chi connectivity index (χ2v) is 21.8. The highest BCUT2D eigenvalue weighted by Crippen LogP contribution is 2.43. The molecule has 0 unspecified atom stereocenters. The van der Waals surface area contributed by atoms with Crippen molar-refractivity contribution in [3.05, 3.63) is 292 Å². The third-order valence-corrected chi connectivity index (χ3v) is 16.6. The zero-order valence-corrected chi connectivity index (χ0v) is 47.1. The molecule has 0 saturated heterocycles. The molecule has 0 fully saturated rings. The fourth-order valence-electron chi connectivity index (χ4n) is 12.5. The quantitative estimate of drug-likeness (QED) is 0.148. The van der Waals surface area contributed by atoms with Gasteiger partial charge in [-0.3, -0.25) is 14.1 Å². The molecule has 0 spiro atoms. The highest BCUT2D eigenvalue weighted by Gasteiger charge is 2.22. The SMILES string of the molecule is c1ccc(-c2cc(-c3cnc(-n4c5ccccc5c5c6oc7ccccc7c6ccc54)cn3)cc(-c3ccccc3)n2)cc1.c1ccc(-c2cc(-c3cnc(-n4c5ccccc5c5ccc6oc7ccccc7c6c54)nc3)cc(-c3ccccc3)n2)cc1. The summed E-state index contributed by atoms with van der Waals surface area (Å²) in [6.45, 7) is 0. The molecule has 0 saturated carbocycles. The van der Waals surface area contributed by atoms with Gasteiger partial charge in [-0.2, -0.15) is 0 Å². The molecular weight excluding hydrogens is 1080 g/mol. The van der Waals surface area contributed by atoms with Crippen LogP contribution in [0.2, 0.25) is 0 Å². The van der Waals surface area contributed by atoms with E-state index < -0.39 is 0 Å². The minimum atomic E-state index is 0.610. The van der Waals surface area contributed by atoms with Crippen molar-refractivity contribution in [1.29, 1.82) is 0 Å². The fraction of sp³-hybridized carbons (Fsp3) is 0. The number of pyridine rings is 2. The van der Waals surface area contributed by atoms with E-state index in [-0.39, 0.29) is 0 Å². The van der Waals surface area contributed by atoms with Crippen LogP contribution in [-0.2, 0) is 0 Å². The number of benzene rings is 10. The maximum absolute atomic E-state index is 6.44. The first kappa shape index (κ1) is 50.4. The Morgan fingerprint density at radius 1 is 0.261 bits per heavy atom. The summed E-state index contributed by atoms with van der Waals surface area (Å²) in [6.07, 6.45) is 7.54. The predicted octanol–water partition coefficient (Wildman–Crippen LogP) is 19.7. The molecule has 0 aliphatic heterocycles. The van der Waals surface area contributed by atoms with Gasteiger partial charge in [0.25, 0.3) is 0 Å². The van der Waals surface area contributed by atoms with E-state index in [0.717, 1.165) is 161 Å². The summed E-state index contributed by atoms with van der Waals surface area (Å²) in [4.78, 5) is 29.9. The van der Waals surface area contributed by atoms with Gasteiger partial charge in [-0.25, -0.2) is 24.9 Å². The Morgan fingerprint density at radius 3 is 1.33 bits per heavy atom. The van der Waals surface area contributed by atoms with Crippen molar-refractivity contribution in [1.82, 2.24) is 39.0 Å². The molecule has 0 aliphatic carbocycles. The first-order chi connectivity index (χ1) is 43.6. The molecule has 0 atom stereocenters. The number of nitrogens with zero attached hydrogens (tertiary/aromatic N) is 8. The van der Waals surface area contributed by atoms with Crippen LogP contribution in [-0.4, -0.2) is 39.0 Å². The van der Waals surface area contributed by atoms with Crippen LogP contribution < -0.4 is 0 Å². The summed E-state index contributed by atoms with van der Waals surface area (Å²) in [6, 6.07) is 91.1. The average molecular weight is 1130 g/mol. The van der Waals surface area contributed by atoms with Crippen LogP contribution in [0.25, 0.3) is 167 Å². The van der Waals surface area contributed by atoms with E-state index in [4.69, 9.17) is 38.7 Å². The van der Waals surface area contributed by atoms with Crippen molar-refractivity contribution in [2.45, 2.75) is 0 Å². The molecule has 8 heterocycles. The number of furan rings is 2. The maximum atomic E-state index is 6.44.